The molecule has 2 N–H and O–H groups in total. The Balaban J connectivity index is 1.32. The maximum absolute atomic E-state index is 14.2. The molecular weight excluding hydrogens is 514 g/mol. The van der Waals surface area contributed by atoms with Crippen molar-refractivity contribution < 1.29 is 19.1 Å². The van der Waals surface area contributed by atoms with Crippen LogP contribution in [0.5, 0.6) is 0 Å². The SMILES string of the molecule is Cc1cc(C)cc(NC(=O)[C@@H]2[C@@H]3C=C[C@]4(O3)[C@@H]2C(=O)N(Cc2ccc(Cl)cc2)[C@H]4C(=O)NC2CCCCC2)c1. The van der Waals surface area contributed by atoms with E-state index in [2.05, 4.69) is 10.6 Å². The predicted octanol–water partition coefficient (Wildman–Crippen LogP) is 4.70. The summed E-state index contributed by atoms with van der Waals surface area (Å²) in [7, 11) is 0. The Hall–Kier alpha value is -3.16. The highest BCUT2D eigenvalue weighted by Gasteiger charge is 2.72. The first-order valence-corrected chi connectivity index (χ1v) is 14.2. The van der Waals surface area contributed by atoms with Crippen molar-refractivity contribution >= 4 is 35.0 Å². The summed E-state index contributed by atoms with van der Waals surface area (Å²) < 4.78 is 6.47. The lowest BCUT2D eigenvalue weighted by molar-refractivity contribution is -0.142. The third-order valence-electron chi connectivity index (χ3n) is 8.63. The molecule has 2 bridgehead atoms. The summed E-state index contributed by atoms with van der Waals surface area (Å²) >= 11 is 6.09. The minimum absolute atomic E-state index is 0.0837. The molecule has 4 aliphatic rings. The van der Waals surface area contributed by atoms with E-state index in [-0.39, 0.29) is 30.3 Å². The van der Waals surface area contributed by atoms with Crippen LogP contribution in [-0.2, 0) is 25.7 Å². The van der Waals surface area contributed by atoms with Gasteiger partial charge in [-0.05, 0) is 67.6 Å². The summed E-state index contributed by atoms with van der Waals surface area (Å²) in [4.78, 5) is 43.4. The van der Waals surface area contributed by atoms with E-state index in [0.29, 0.717) is 10.7 Å². The van der Waals surface area contributed by atoms with E-state index in [0.717, 1.165) is 42.4 Å². The number of hydrogen-bond acceptors (Lipinski definition) is 4. The molecule has 2 aromatic carbocycles. The van der Waals surface area contributed by atoms with Gasteiger partial charge in [-0.25, -0.2) is 0 Å². The number of hydrogen-bond donors (Lipinski definition) is 2. The summed E-state index contributed by atoms with van der Waals surface area (Å²) in [5.41, 5.74) is 2.44. The zero-order chi connectivity index (χ0) is 27.3. The van der Waals surface area contributed by atoms with Crippen LogP contribution in [0.25, 0.3) is 0 Å². The van der Waals surface area contributed by atoms with E-state index < -0.39 is 29.6 Å². The molecule has 3 heterocycles. The predicted molar refractivity (Wildman–Crippen MR) is 149 cm³/mol. The van der Waals surface area contributed by atoms with Crippen molar-refractivity contribution in [3.63, 3.8) is 0 Å². The number of rotatable bonds is 6. The maximum atomic E-state index is 14.2. The molecule has 2 aromatic rings. The zero-order valence-electron chi connectivity index (χ0n) is 22.3. The van der Waals surface area contributed by atoms with E-state index in [4.69, 9.17) is 16.3 Å². The van der Waals surface area contributed by atoms with Gasteiger partial charge in [0.25, 0.3) is 0 Å². The molecule has 6 rings (SSSR count). The lowest BCUT2D eigenvalue weighted by Gasteiger charge is -2.34. The molecular formula is C31H34ClN3O4. The number of carbonyl (C=O) groups is 3. The van der Waals surface area contributed by atoms with Crippen molar-refractivity contribution in [1.29, 1.82) is 0 Å². The summed E-state index contributed by atoms with van der Waals surface area (Å²) in [6.45, 7) is 4.18. The maximum Gasteiger partial charge on any atom is 0.246 e. The Morgan fingerprint density at radius 2 is 1.72 bits per heavy atom. The van der Waals surface area contributed by atoms with Crippen molar-refractivity contribution in [2.24, 2.45) is 11.8 Å². The monoisotopic (exact) mass is 547 g/mol. The molecule has 0 unspecified atom stereocenters. The largest absolute Gasteiger partial charge is 0.359 e. The fraction of sp³-hybridized carbons (Fsp3) is 0.452. The van der Waals surface area contributed by atoms with E-state index in [9.17, 15) is 14.4 Å². The van der Waals surface area contributed by atoms with Gasteiger partial charge < -0.3 is 20.3 Å². The van der Waals surface area contributed by atoms with Crippen LogP contribution in [0, 0.1) is 25.7 Å². The Morgan fingerprint density at radius 1 is 1.03 bits per heavy atom. The smallest absolute Gasteiger partial charge is 0.246 e. The number of benzene rings is 2. The number of ether oxygens (including phenoxy) is 1. The van der Waals surface area contributed by atoms with E-state index in [1.807, 2.05) is 56.3 Å². The average molecular weight is 548 g/mol. The molecule has 204 valence electrons. The molecule has 0 aromatic heterocycles. The summed E-state index contributed by atoms with van der Waals surface area (Å²) in [6.07, 6.45) is 8.34. The summed E-state index contributed by atoms with van der Waals surface area (Å²) in [5.74, 6) is -2.24. The van der Waals surface area contributed by atoms with Gasteiger partial charge in [0.2, 0.25) is 17.7 Å². The first-order chi connectivity index (χ1) is 18.7. The minimum Gasteiger partial charge on any atom is -0.359 e. The van der Waals surface area contributed by atoms with Gasteiger partial charge >= 0.3 is 0 Å². The normalized spacial score (nSPS) is 29.5. The van der Waals surface area contributed by atoms with E-state index in [1.165, 1.54) is 6.42 Å². The number of nitrogens with zero attached hydrogens (tertiary/aromatic N) is 1. The Bertz CT molecular complexity index is 1320. The molecule has 3 aliphatic heterocycles. The van der Waals surface area contributed by atoms with Crippen LogP contribution < -0.4 is 10.6 Å². The van der Waals surface area contributed by atoms with Crippen molar-refractivity contribution in [2.45, 2.75) is 76.3 Å². The van der Waals surface area contributed by atoms with Gasteiger partial charge in [0.15, 0.2) is 0 Å². The van der Waals surface area contributed by atoms with Crippen LogP contribution in [0.3, 0.4) is 0 Å². The third-order valence-corrected chi connectivity index (χ3v) is 8.88. The van der Waals surface area contributed by atoms with Gasteiger partial charge in [-0.2, -0.15) is 0 Å². The van der Waals surface area contributed by atoms with E-state index in [1.54, 1.807) is 17.0 Å². The van der Waals surface area contributed by atoms with Gasteiger partial charge in [0.05, 0.1) is 17.9 Å². The Morgan fingerprint density at radius 3 is 2.41 bits per heavy atom. The molecule has 0 radical (unpaired) electrons. The molecule has 3 amide bonds. The molecule has 5 atom stereocenters. The van der Waals surface area contributed by atoms with Gasteiger partial charge in [0.1, 0.15) is 11.6 Å². The summed E-state index contributed by atoms with van der Waals surface area (Å²) in [6, 6.07) is 12.3. The number of amides is 3. The number of carbonyl (C=O) groups excluding carboxylic acids is 3. The Labute approximate surface area is 233 Å². The lowest BCUT2D eigenvalue weighted by atomic mass is 9.74. The van der Waals surface area contributed by atoms with Crippen LogP contribution >= 0.6 is 11.6 Å². The van der Waals surface area contributed by atoms with Gasteiger partial charge in [-0.15, -0.1) is 0 Å². The van der Waals surface area contributed by atoms with Crippen LogP contribution in [0.15, 0.2) is 54.6 Å². The quantitative estimate of drug-likeness (QED) is 0.513. The van der Waals surface area contributed by atoms with E-state index >= 15 is 0 Å². The van der Waals surface area contributed by atoms with Crippen LogP contribution in [0.2, 0.25) is 5.02 Å². The molecule has 1 aliphatic carbocycles. The lowest BCUT2D eigenvalue weighted by Crippen LogP contribution is -2.56. The number of fused-ring (bicyclic) bond motifs is 1. The van der Waals surface area contributed by atoms with Gasteiger partial charge in [-0.3, -0.25) is 14.4 Å². The second kappa shape index (κ2) is 10.1. The van der Waals surface area contributed by atoms with Crippen LogP contribution in [0.4, 0.5) is 5.69 Å². The van der Waals surface area contributed by atoms with Crippen molar-refractivity contribution in [3.05, 3.63) is 76.3 Å². The minimum atomic E-state index is -1.18. The number of halogens is 1. The molecule has 2 saturated heterocycles. The highest BCUT2D eigenvalue weighted by molar-refractivity contribution is 6.30. The second-order valence-electron chi connectivity index (χ2n) is 11.5. The number of nitrogens with one attached hydrogen (secondary N) is 2. The molecule has 7 nitrogen and oxygen atoms in total. The standard InChI is InChI=1S/C31H34ClN3O4/c1-18-14-19(2)16-23(15-18)34-28(36)25-24-12-13-31(39-24)26(25)30(38)35(17-20-8-10-21(32)11-9-20)27(31)29(37)33-22-6-4-3-5-7-22/h8-16,22,24-27H,3-7,17H2,1-2H3,(H,33,37)(H,34,36)/t24-,25+,26-,27-,31-/m0/s1. The number of anilines is 1. The highest BCUT2D eigenvalue weighted by atomic mass is 35.5. The van der Waals surface area contributed by atoms with Crippen molar-refractivity contribution in [3.8, 4) is 0 Å². The molecule has 39 heavy (non-hydrogen) atoms. The van der Waals surface area contributed by atoms with Crippen molar-refractivity contribution in [2.75, 3.05) is 5.32 Å². The second-order valence-corrected chi connectivity index (χ2v) is 11.9. The summed E-state index contributed by atoms with van der Waals surface area (Å²) in [5, 5.41) is 6.85. The Kier molecular flexibility index (Phi) is 6.76. The average Bonchev–Trinajstić information content (AvgIpc) is 3.53. The fourth-order valence-corrected chi connectivity index (χ4v) is 7.15. The molecule has 1 spiro atoms. The van der Waals surface area contributed by atoms with Crippen molar-refractivity contribution in [1.82, 2.24) is 10.2 Å². The topological polar surface area (TPSA) is 87.7 Å². The number of aryl methyl sites for hydroxylation is 2. The van der Waals surface area contributed by atoms with Crippen LogP contribution in [-0.4, -0.2) is 46.4 Å². The highest BCUT2D eigenvalue weighted by Crippen LogP contribution is 2.55. The van der Waals surface area contributed by atoms with Gasteiger partial charge in [-0.1, -0.05) is 61.2 Å². The first kappa shape index (κ1) is 26.1. The molecule has 8 heteroatoms. The molecule has 3 fully saturated rings. The van der Waals surface area contributed by atoms with Crippen LogP contribution in [0.1, 0.15) is 48.8 Å². The fourth-order valence-electron chi connectivity index (χ4n) is 7.02. The molecule has 1 saturated carbocycles. The zero-order valence-corrected chi connectivity index (χ0v) is 23.0. The first-order valence-electron chi connectivity index (χ1n) is 13.9. The number of likely N-dealkylation sites (tertiary alicyclic amines) is 1. The van der Waals surface area contributed by atoms with Gasteiger partial charge in [0, 0.05) is 23.3 Å². The third kappa shape index (κ3) is 4.66.